The van der Waals surface area contributed by atoms with Gasteiger partial charge in [-0.1, -0.05) is 17.7 Å². The fourth-order valence-corrected chi connectivity index (χ4v) is 4.07. The van der Waals surface area contributed by atoms with Crippen molar-refractivity contribution in [2.24, 2.45) is 0 Å². The summed E-state index contributed by atoms with van der Waals surface area (Å²) in [6.45, 7) is 3.91. The summed E-state index contributed by atoms with van der Waals surface area (Å²) in [5.74, 6) is -0.814. The van der Waals surface area contributed by atoms with Crippen molar-refractivity contribution in [2.45, 2.75) is 26.1 Å². The number of rotatable bonds is 5. The molecule has 2 aromatic rings. The van der Waals surface area contributed by atoms with Gasteiger partial charge in [0.2, 0.25) is 10.0 Å². The van der Waals surface area contributed by atoms with E-state index in [0.29, 0.717) is 5.56 Å². The van der Waals surface area contributed by atoms with Crippen molar-refractivity contribution in [3.05, 3.63) is 50.2 Å². The van der Waals surface area contributed by atoms with Gasteiger partial charge in [0, 0.05) is 11.4 Å². The van der Waals surface area contributed by atoms with E-state index in [-0.39, 0.29) is 17.3 Å². The highest BCUT2D eigenvalue weighted by atomic mass is 35.5. The molecule has 1 N–H and O–H groups in total. The van der Waals surface area contributed by atoms with Crippen molar-refractivity contribution in [1.29, 1.82) is 0 Å². The molecule has 1 aromatic heterocycles. The highest BCUT2D eigenvalue weighted by Crippen LogP contribution is 2.19. The Labute approximate surface area is 132 Å². The molecule has 0 amide bonds. The Bertz CT molecular complexity index is 760. The van der Waals surface area contributed by atoms with E-state index in [4.69, 9.17) is 11.6 Å². The van der Waals surface area contributed by atoms with Gasteiger partial charge in [-0.2, -0.15) is 0 Å². The van der Waals surface area contributed by atoms with Gasteiger partial charge in [0.15, 0.2) is 0 Å². The van der Waals surface area contributed by atoms with E-state index in [9.17, 15) is 12.8 Å². The third-order valence-electron chi connectivity index (χ3n) is 2.79. The van der Waals surface area contributed by atoms with E-state index in [1.807, 2.05) is 13.8 Å². The summed E-state index contributed by atoms with van der Waals surface area (Å²) in [4.78, 5) is 5.12. The molecule has 0 aliphatic heterocycles. The number of hydrogen-bond donors (Lipinski definition) is 1. The van der Waals surface area contributed by atoms with Crippen molar-refractivity contribution < 1.29 is 12.8 Å². The third kappa shape index (κ3) is 4.47. The molecule has 0 saturated carbocycles. The Balaban J connectivity index is 2.05. The van der Waals surface area contributed by atoms with Crippen LogP contribution in [-0.2, 0) is 22.3 Å². The summed E-state index contributed by atoms with van der Waals surface area (Å²) >= 11 is 7.10. The van der Waals surface area contributed by atoms with Crippen LogP contribution in [0.5, 0.6) is 0 Å². The highest BCUT2D eigenvalue weighted by molar-refractivity contribution is 7.88. The number of nitrogens with one attached hydrogen (secondary N) is 1. The molecule has 1 heterocycles. The van der Waals surface area contributed by atoms with Gasteiger partial charge in [-0.25, -0.2) is 22.5 Å². The Kier molecular flexibility index (Phi) is 4.98. The van der Waals surface area contributed by atoms with Crippen LogP contribution in [0, 0.1) is 19.7 Å². The van der Waals surface area contributed by atoms with Crippen LogP contribution in [0.25, 0.3) is 0 Å². The molecule has 0 bridgehead atoms. The Hall–Kier alpha value is -1.02. The monoisotopic (exact) mass is 348 g/mol. The minimum absolute atomic E-state index is 0.0865. The van der Waals surface area contributed by atoms with Crippen LogP contribution >= 0.6 is 22.9 Å². The average Bonchev–Trinajstić information content (AvgIpc) is 2.70. The van der Waals surface area contributed by atoms with Gasteiger partial charge >= 0.3 is 0 Å². The third-order valence-corrected chi connectivity index (χ3v) is 5.45. The summed E-state index contributed by atoms with van der Waals surface area (Å²) in [5, 5.41) is 0.809. The maximum absolute atomic E-state index is 13.0. The first-order valence-electron chi connectivity index (χ1n) is 6.11. The van der Waals surface area contributed by atoms with Gasteiger partial charge in [0.25, 0.3) is 0 Å². The summed E-state index contributed by atoms with van der Waals surface area (Å²) in [6, 6.07) is 3.88. The minimum Gasteiger partial charge on any atom is -0.247 e. The van der Waals surface area contributed by atoms with Crippen LogP contribution in [0.2, 0.25) is 5.02 Å². The summed E-state index contributed by atoms with van der Waals surface area (Å²) in [6.07, 6.45) is 0. The number of hydrogen-bond acceptors (Lipinski definition) is 4. The number of halogens is 2. The molecular formula is C13H14ClFN2O2S2. The highest BCUT2D eigenvalue weighted by Gasteiger charge is 2.14. The zero-order valence-electron chi connectivity index (χ0n) is 11.5. The molecule has 0 radical (unpaired) electrons. The molecule has 1 aromatic carbocycles. The molecule has 0 atom stereocenters. The molecule has 21 heavy (non-hydrogen) atoms. The molecule has 0 saturated heterocycles. The van der Waals surface area contributed by atoms with E-state index in [1.165, 1.54) is 23.5 Å². The number of aryl methyl sites for hydroxylation is 2. The molecule has 8 heteroatoms. The van der Waals surface area contributed by atoms with Crippen molar-refractivity contribution >= 4 is 33.0 Å². The summed E-state index contributed by atoms with van der Waals surface area (Å²) < 4.78 is 39.6. The molecule has 0 unspecified atom stereocenters. The smallest absolute Gasteiger partial charge is 0.216 e. The van der Waals surface area contributed by atoms with Crippen LogP contribution in [0.4, 0.5) is 4.39 Å². The van der Waals surface area contributed by atoms with Gasteiger partial charge < -0.3 is 0 Å². The second kappa shape index (κ2) is 6.39. The van der Waals surface area contributed by atoms with Gasteiger partial charge in [0.1, 0.15) is 5.82 Å². The van der Waals surface area contributed by atoms with Crippen LogP contribution < -0.4 is 4.72 Å². The first kappa shape index (κ1) is 16.4. The van der Waals surface area contributed by atoms with Crippen molar-refractivity contribution in [3.63, 3.8) is 0 Å². The lowest BCUT2D eigenvalue weighted by atomic mass is 10.2. The van der Waals surface area contributed by atoms with Crippen LogP contribution in [0.1, 0.15) is 21.1 Å². The van der Waals surface area contributed by atoms with E-state index in [1.54, 1.807) is 0 Å². The quantitative estimate of drug-likeness (QED) is 0.902. The molecule has 4 nitrogen and oxygen atoms in total. The molecule has 2 rings (SSSR count). The van der Waals surface area contributed by atoms with Crippen LogP contribution in [0.15, 0.2) is 18.2 Å². The second-order valence-corrected chi connectivity index (χ2v) is 8.07. The van der Waals surface area contributed by atoms with E-state index < -0.39 is 15.8 Å². The Morgan fingerprint density at radius 1 is 1.38 bits per heavy atom. The Morgan fingerprint density at radius 2 is 2.10 bits per heavy atom. The fraction of sp³-hybridized carbons (Fsp3) is 0.308. The van der Waals surface area contributed by atoms with Crippen molar-refractivity contribution in [1.82, 2.24) is 9.71 Å². The minimum atomic E-state index is -3.52. The summed E-state index contributed by atoms with van der Waals surface area (Å²) in [7, 11) is -3.52. The number of sulfonamides is 1. The molecule has 0 fully saturated rings. The average molecular weight is 349 g/mol. The predicted octanol–water partition coefficient (Wildman–Crippen LogP) is 3.17. The van der Waals surface area contributed by atoms with Crippen LogP contribution in [-0.4, -0.2) is 13.4 Å². The standard InChI is InChI=1S/C13H14ClFN2O2S2/c1-8-13(20-9(2)17-8)6-16-21(18,19)7-10-3-4-12(15)11(14)5-10/h3-5,16H,6-7H2,1-2H3. The van der Waals surface area contributed by atoms with Gasteiger partial charge in [-0.3, -0.25) is 0 Å². The normalized spacial score (nSPS) is 11.8. The van der Waals surface area contributed by atoms with E-state index in [0.717, 1.165) is 21.6 Å². The lowest BCUT2D eigenvalue weighted by Crippen LogP contribution is -2.24. The number of aromatic nitrogens is 1. The fourth-order valence-electron chi connectivity index (χ4n) is 1.81. The number of benzene rings is 1. The molecule has 0 aliphatic carbocycles. The van der Waals surface area contributed by atoms with Gasteiger partial charge in [-0.15, -0.1) is 11.3 Å². The van der Waals surface area contributed by atoms with Crippen molar-refractivity contribution in [3.8, 4) is 0 Å². The van der Waals surface area contributed by atoms with Crippen LogP contribution in [0.3, 0.4) is 0 Å². The van der Waals surface area contributed by atoms with Gasteiger partial charge in [-0.05, 0) is 31.5 Å². The van der Waals surface area contributed by atoms with E-state index >= 15 is 0 Å². The maximum Gasteiger partial charge on any atom is 0.216 e. The molecular weight excluding hydrogens is 335 g/mol. The number of thiazole rings is 1. The second-order valence-electron chi connectivity index (χ2n) is 4.57. The largest absolute Gasteiger partial charge is 0.247 e. The van der Waals surface area contributed by atoms with Crippen molar-refractivity contribution in [2.75, 3.05) is 0 Å². The zero-order chi connectivity index (χ0) is 15.6. The summed E-state index contributed by atoms with van der Waals surface area (Å²) in [5.41, 5.74) is 1.26. The topological polar surface area (TPSA) is 59.1 Å². The molecule has 114 valence electrons. The van der Waals surface area contributed by atoms with Gasteiger partial charge in [0.05, 0.1) is 21.5 Å². The first-order valence-corrected chi connectivity index (χ1v) is 8.95. The number of nitrogens with zero attached hydrogens (tertiary/aromatic N) is 1. The lowest BCUT2D eigenvalue weighted by Gasteiger charge is -2.07. The lowest BCUT2D eigenvalue weighted by molar-refractivity contribution is 0.580. The SMILES string of the molecule is Cc1nc(C)c(CNS(=O)(=O)Cc2ccc(F)c(Cl)c2)s1. The first-order chi connectivity index (χ1) is 9.77. The predicted molar refractivity (Wildman–Crippen MR) is 82.5 cm³/mol. The maximum atomic E-state index is 13.0. The Morgan fingerprint density at radius 3 is 2.67 bits per heavy atom. The molecule has 0 aliphatic rings. The van der Waals surface area contributed by atoms with E-state index in [2.05, 4.69) is 9.71 Å². The zero-order valence-corrected chi connectivity index (χ0v) is 13.9. The molecule has 0 spiro atoms.